The molecule has 120 valence electrons. The van der Waals surface area contributed by atoms with E-state index in [9.17, 15) is 4.79 Å². The highest BCUT2D eigenvalue weighted by Gasteiger charge is 2.19. The van der Waals surface area contributed by atoms with Crippen molar-refractivity contribution in [2.24, 2.45) is 0 Å². The van der Waals surface area contributed by atoms with Gasteiger partial charge in [0.15, 0.2) is 0 Å². The van der Waals surface area contributed by atoms with Crippen LogP contribution in [0.5, 0.6) is 0 Å². The first-order valence-electron chi connectivity index (χ1n) is 7.08. The molecule has 0 saturated heterocycles. The molecule has 0 aliphatic heterocycles. The number of hydrogen-bond acceptors (Lipinski definition) is 3. The minimum absolute atomic E-state index is 0. The quantitative estimate of drug-likeness (QED) is 0.687. The summed E-state index contributed by atoms with van der Waals surface area (Å²) in [6, 6.07) is 10.3. The van der Waals surface area contributed by atoms with Gasteiger partial charge in [-0.05, 0) is 32.3 Å². The van der Waals surface area contributed by atoms with Gasteiger partial charge in [0.05, 0.1) is 13.2 Å². The first kappa shape index (κ1) is 19.9. The molecule has 1 rings (SSSR count). The summed E-state index contributed by atoms with van der Waals surface area (Å²) in [7, 11) is 1.65. The Bertz CT molecular complexity index is 397. The molecule has 5 heteroatoms. The van der Waals surface area contributed by atoms with E-state index in [2.05, 4.69) is 36.6 Å². The van der Waals surface area contributed by atoms with Gasteiger partial charge in [-0.15, -0.1) is 12.4 Å². The molecule has 21 heavy (non-hydrogen) atoms. The second-order valence-corrected chi connectivity index (χ2v) is 5.59. The number of benzene rings is 1. The van der Waals surface area contributed by atoms with Gasteiger partial charge in [0, 0.05) is 19.2 Å². The Morgan fingerprint density at radius 3 is 2.52 bits per heavy atom. The standard InChI is InChI=1S/C16H26N2O2.ClH/c1-16(2,10-9-14-7-5-4-6-8-14)18-15(19)13-17-11-12-20-3;/h4-8,17H,9-13H2,1-3H3,(H,18,19);1H. The molecule has 1 aromatic carbocycles. The number of amides is 1. The van der Waals surface area contributed by atoms with E-state index < -0.39 is 0 Å². The molecule has 0 aromatic heterocycles. The summed E-state index contributed by atoms with van der Waals surface area (Å²) >= 11 is 0. The fraction of sp³-hybridized carbons (Fsp3) is 0.562. The summed E-state index contributed by atoms with van der Waals surface area (Å²) in [5.41, 5.74) is 1.10. The fourth-order valence-corrected chi connectivity index (χ4v) is 1.96. The molecule has 0 spiro atoms. The lowest BCUT2D eigenvalue weighted by Crippen LogP contribution is -2.47. The zero-order valence-electron chi connectivity index (χ0n) is 13.1. The van der Waals surface area contributed by atoms with Gasteiger partial charge in [0.1, 0.15) is 0 Å². The van der Waals surface area contributed by atoms with Crippen LogP contribution in [0.1, 0.15) is 25.8 Å². The zero-order valence-corrected chi connectivity index (χ0v) is 14.0. The van der Waals surface area contributed by atoms with Crippen LogP contribution in [0, 0.1) is 0 Å². The van der Waals surface area contributed by atoms with Crippen molar-refractivity contribution in [1.82, 2.24) is 10.6 Å². The number of methoxy groups -OCH3 is 1. The van der Waals surface area contributed by atoms with E-state index >= 15 is 0 Å². The van der Waals surface area contributed by atoms with Gasteiger partial charge in [-0.1, -0.05) is 30.3 Å². The molecule has 1 aromatic rings. The highest BCUT2D eigenvalue weighted by atomic mass is 35.5. The van der Waals surface area contributed by atoms with Crippen LogP contribution >= 0.6 is 12.4 Å². The SMILES string of the molecule is COCCNCC(=O)NC(C)(C)CCc1ccccc1.Cl. The van der Waals surface area contributed by atoms with Crippen molar-refractivity contribution in [3.63, 3.8) is 0 Å². The lowest BCUT2D eigenvalue weighted by atomic mass is 9.95. The molecule has 0 heterocycles. The molecule has 0 saturated carbocycles. The van der Waals surface area contributed by atoms with E-state index in [1.165, 1.54) is 5.56 Å². The number of nitrogens with one attached hydrogen (secondary N) is 2. The minimum atomic E-state index is -0.199. The second kappa shape index (κ2) is 10.6. The van der Waals surface area contributed by atoms with Gasteiger partial charge in [-0.3, -0.25) is 4.79 Å². The lowest BCUT2D eigenvalue weighted by Gasteiger charge is -2.26. The van der Waals surface area contributed by atoms with E-state index in [4.69, 9.17) is 4.74 Å². The van der Waals surface area contributed by atoms with Crippen molar-refractivity contribution < 1.29 is 9.53 Å². The third-order valence-corrected chi connectivity index (χ3v) is 3.13. The first-order valence-corrected chi connectivity index (χ1v) is 7.08. The Morgan fingerprint density at radius 2 is 1.90 bits per heavy atom. The van der Waals surface area contributed by atoms with Crippen LogP contribution in [0.4, 0.5) is 0 Å². The van der Waals surface area contributed by atoms with E-state index in [1.54, 1.807) is 7.11 Å². The van der Waals surface area contributed by atoms with E-state index in [0.29, 0.717) is 19.7 Å². The molecule has 2 N–H and O–H groups in total. The van der Waals surface area contributed by atoms with Crippen LogP contribution in [-0.4, -0.2) is 38.3 Å². The number of halogens is 1. The Labute approximate surface area is 134 Å². The third kappa shape index (κ3) is 9.45. The Morgan fingerprint density at radius 1 is 1.24 bits per heavy atom. The molecule has 4 nitrogen and oxygen atoms in total. The summed E-state index contributed by atoms with van der Waals surface area (Å²) in [6.07, 6.45) is 1.88. The first-order chi connectivity index (χ1) is 9.53. The lowest BCUT2D eigenvalue weighted by molar-refractivity contribution is -0.121. The largest absolute Gasteiger partial charge is 0.383 e. The number of carbonyl (C=O) groups is 1. The number of carbonyl (C=O) groups excluding carboxylic acids is 1. The molecule has 0 bridgehead atoms. The van der Waals surface area contributed by atoms with Gasteiger partial charge in [0.25, 0.3) is 0 Å². The molecular weight excluding hydrogens is 288 g/mol. The summed E-state index contributed by atoms with van der Waals surface area (Å²) in [5, 5.41) is 6.11. The average Bonchev–Trinajstić information content (AvgIpc) is 2.42. The summed E-state index contributed by atoms with van der Waals surface area (Å²) in [5.74, 6) is 0.0270. The molecular formula is C16H27ClN2O2. The van der Waals surface area contributed by atoms with Crippen LogP contribution in [-0.2, 0) is 16.0 Å². The van der Waals surface area contributed by atoms with E-state index in [1.807, 2.05) is 18.2 Å². The smallest absolute Gasteiger partial charge is 0.234 e. The topological polar surface area (TPSA) is 50.4 Å². The predicted octanol–water partition coefficient (Wildman–Crippen LogP) is 2.17. The maximum Gasteiger partial charge on any atom is 0.234 e. The van der Waals surface area contributed by atoms with Crippen molar-refractivity contribution in [3.05, 3.63) is 35.9 Å². The Kier molecular flexibility index (Phi) is 10.0. The highest BCUT2D eigenvalue weighted by Crippen LogP contribution is 2.13. The van der Waals surface area contributed by atoms with Crippen molar-refractivity contribution in [2.75, 3.05) is 26.8 Å². The van der Waals surface area contributed by atoms with Crippen LogP contribution < -0.4 is 10.6 Å². The molecule has 0 fully saturated rings. The number of aryl methyl sites for hydroxylation is 1. The molecule has 0 unspecified atom stereocenters. The number of hydrogen-bond donors (Lipinski definition) is 2. The van der Waals surface area contributed by atoms with Crippen molar-refractivity contribution in [3.8, 4) is 0 Å². The summed E-state index contributed by atoms with van der Waals surface area (Å²) < 4.78 is 4.92. The third-order valence-electron chi connectivity index (χ3n) is 3.13. The molecule has 0 radical (unpaired) electrons. The van der Waals surface area contributed by atoms with Crippen LogP contribution in [0.2, 0.25) is 0 Å². The van der Waals surface area contributed by atoms with Crippen molar-refractivity contribution in [1.29, 1.82) is 0 Å². The molecule has 0 aliphatic rings. The van der Waals surface area contributed by atoms with Crippen molar-refractivity contribution in [2.45, 2.75) is 32.2 Å². The monoisotopic (exact) mass is 314 g/mol. The Hall–Kier alpha value is -1.10. The molecule has 0 atom stereocenters. The maximum atomic E-state index is 11.8. The normalized spacial score (nSPS) is 10.8. The molecule has 1 amide bonds. The van der Waals surface area contributed by atoms with E-state index in [-0.39, 0.29) is 23.9 Å². The van der Waals surface area contributed by atoms with Crippen LogP contribution in [0.3, 0.4) is 0 Å². The fourth-order valence-electron chi connectivity index (χ4n) is 1.96. The molecule has 0 aliphatic carbocycles. The van der Waals surface area contributed by atoms with Gasteiger partial charge < -0.3 is 15.4 Å². The van der Waals surface area contributed by atoms with Gasteiger partial charge >= 0.3 is 0 Å². The van der Waals surface area contributed by atoms with Gasteiger partial charge in [-0.25, -0.2) is 0 Å². The van der Waals surface area contributed by atoms with Crippen LogP contribution in [0.15, 0.2) is 30.3 Å². The Balaban J connectivity index is 0.00000400. The van der Waals surface area contributed by atoms with Gasteiger partial charge in [-0.2, -0.15) is 0 Å². The number of ether oxygens (including phenoxy) is 1. The van der Waals surface area contributed by atoms with Crippen molar-refractivity contribution >= 4 is 18.3 Å². The minimum Gasteiger partial charge on any atom is -0.383 e. The highest BCUT2D eigenvalue weighted by molar-refractivity contribution is 5.85. The average molecular weight is 315 g/mol. The summed E-state index contributed by atoms with van der Waals surface area (Å²) in [4.78, 5) is 11.8. The van der Waals surface area contributed by atoms with E-state index in [0.717, 1.165) is 12.8 Å². The maximum absolute atomic E-state index is 11.8. The van der Waals surface area contributed by atoms with Gasteiger partial charge in [0.2, 0.25) is 5.91 Å². The predicted molar refractivity (Wildman–Crippen MR) is 89.0 cm³/mol. The zero-order chi connectivity index (χ0) is 14.8. The van der Waals surface area contributed by atoms with Crippen LogP contribution in [0.25, 0.3) is 0 Å². The summed E-state index contributed by atoms with van der Waals surface area (Å²) in [6.45, 7) is 5.75. The second-order valence-electron chi connectivity index (χ2n) is 5.59. The number of rotatable bonds is 9.